The van der Waals surface area contributed by atoms with Crippen LogP contribution in [0.3, 0.4) is 0 Å². The molecule has 2 atom stereocenters. The molecular weight excluding hydrogens is 366 g/mol. The number of ether oxygens (including phenoxy) is 2. The van der Waals surface area contributed by atoms with Crippen molar-refractivity contribution in [2.75, 3.05) is 14.2 Å². The van der Waals surface area contributed by atoms with Crippen LogP contribution >= 0.6 is 11.6 Å². The van der Waals surface area contributed by atoms with E-state index in [2.05, 4.69) is 4.98 Å². The van der Waals surface area contributed by atoms with Crippen LogP contribution < -0.4 is 0 Å². The van der Waals surface area contributed by atoms with Gasteiger partial charge in [0.05, 0.1) is 19.6 Å². The molecule has 1 aliphatic heterocycles. The third kappa shape index (κ3) is 2.19. The molecule has 26 heavy (non-hydrogen) atoms. The van der Waals surface area contributed by atoms with Gasteiger partial charge in [-0.15, -0.1) is 0 Å². The second-order valence-corrected chi connectivity index (χ2v) is 7.25. The molecule has 1 aromatic rings. The standard InChI is InChI=1S/C18H17ClF2N2O3/c1-25-12-7-13(26-2)18(19,21)15(14(12)20)23-9-10-8-22-6-3-11(10)17(4-5-17)16(23)24/h3,6-8,15H,4-5,9H2,1-2H3. The summed E-state index contributed by atoms with van der Waals surface area (Å²) in [5, 5.41) is -2.74. The zero-order valence-electron chi connectivity index (χ0n) is 14.3. The molecule has 0 aromatic carbocycles. The van der Waals surface area contributed by atoms with Crippen LogP contribution in [0.2, 0.25) is 0 Å². The molecule has 1 saturated carbocycles. The van der Waals surface area contributed by atoms with E-state index in [0.717, 1.165) is 22.1 Å². The lowest BCUT2D eigenvalue weighted by Gasteiger charge is -2.43. The largest absolute Gasteiger partial charge is 0.496 e. The van der Waals surface area contributed by atoms with Gasteiger partial charge >= 0.3 is 0 Å². The van der Waals surface area contributed by atoms with Crippen molar-refractivity contribution < 1.29 is 23.0 Å². The van der Waals surface area contributed by atoms with Crippen LogP contribution in [0.15, 0.2) is 41.9 Å². The fourth-order valence-electron chi connectivity index (χ4n) is 3.88. The maximum atomic E-state index is 15.4. The van der Waals surface area contributed by atoms with Gasteiger partial charge in [-0.1, -0.05) is 11.6 Å². The molecule has 1 amide bonds. The van der Waals surface area contributed by atoms with Crippen molar-refractivity contribution in [2.45, 2.75) is 36.0 Å². The number of rotatable bonds is 3. The Morgan fingerprint density at radius 1 is 1.35 bits per heavy atom. The van der Waals surface area contributed by atoms with Crippen LogP contribution in [-0.2, 0) is 26.2 Å². The minimum absolute atomic E-state index is 0.00816. The van der Waals surface area contributed by atoms with Gasteiger partial charge in [-0.25, -0.2) is 8.78 Å². The Bertz CT molecular complexity index is 849. The van der Waals surface area contributed by atoms with E-state index >= 15 is 8.78 Å². The highest BCUT2D eigenvalue weighted by atomic mass is 35.5. The predicted octanol–water partition coefficient (Wildman–Crippen LogP) is 3.10. The van der Waals surface area contributed by atoms with Gasteiger partial charge in [-0.2, -0.15) is 0 Å². The summed E-state index contributed by atoms with van der Waals surface area (Å²) >= 11 is 6.06. The van der Waals surface area contributed by atoms with Crippen molar-refractivity contribution in [3.8, 4) is 0 Å². The first-order chi connectivity index (χ1) is 12.4. The van der Waals surface area contributed by atoms with Crippen molar-refractivity contribution in [1.29, 1.82) is 0 Å². The van der Waals surface area contributed by atoms with Crippen LogP contribution in [0.25, 0.3) is 0 Å². The summed E-state index contributed by atoms with van der Waals surface area (Å²) in [5.41, 5.74) is 0.894. The summed E-state index contributed by atoms with van der Waals surface area (Å²) in [6.45, 7) is 0.00816. The zero-order chi connectivity index (χ0) is 18.7. The SMILES string of the molecule is COC1=CC(OC)=C(F)C(N2Cc3cnccc3C3(CC3)C2=O)C1(F)Cl. The van der Waals surface area contributed by atoms with Gasteiger partial charge in [0.1, 0.15) is 6.04 Å². The fraction of sp³-hybridized carbons (Fsp3) is 0.444. The lowest BCUT2D eigenvalue weighted by Crippen LogP contribution is -2.57. The number of carbonyl (C=O) groups excluding carboxylic acids is 1. The average molecular weight is 383 g/mol. The highest BCUT2D eigenvalue weighted by Crippen LogP contribution is 2.55. The van der Waals surface area contributed by atoms with Crippen LogP contribution in [-0.4, -0.2) is 41.2 Å². The van der Waals surface area contributed by atoms with E-state index < -0.39 is 22.4 Å². The Morgan fingerprint density at radius 3 is 2.69 bits per heavy atom. The lowest BCUT2D eigenvalue weighted by molar-refractivity contribution is -0.140. The van der Waals surface area contributed by atoms with E-state index in [9.17, 15) is 4.79 Å². The predicted molar refractivity (Wildman–Crippen MR) is 89.4 cm³/mol. The lowest BCUT2D eigenvalue weighted by atomic mass is 9.85. The quantitative estimate of drug-likeness (QED) is 0.754. The molecule has 0 N–H and O–H groups in total. The molecule has 2 aliphatic carbocycles. The Kier molecular flexibility index (Phi) is 3.77. The van der Waals surface area contributed by atoms with Crippen molar-refractivity contribution in [1.82, 2.24) is 9.88 Å². The van der Waals surface area contributed by atoms with Crippen molar-refractivity contribution in [3.63, 3.8) is 0 Å². The number of carbonyl (C=O) groups is 1. The maximum Gasteiger partial charge on any atom is 0.266 e. The normalized spacial score (nSPS) is 29.4. The Morgan fingerprint density at radius 2 is 2.08 bits per heavy atom. The second kappa shape index (κ2) is 5.67. The summed E-state index contributed by atoms with van der Waals surface area (Å²) in [5.74, 6) is -1.80. The first-order valence-corrected chi connectivity index (χ1v) is 8.56. The third-order valence-corrected chi connectivity index (χ3v) is 5.73. The van der Waals surface area contributed by atoms with Gasteiger partial charge in [0.25, 0.3) is 5.13 Å². The maximum absolute atomic E-state index is 15.4. The molecule has 0 saturated heterocycles. The van der Waals surface area contributed by atoms with Crippen LogP contribution in [0.5, 0.6) is 0 Å². The molecule has 1 aromatic heterocycles. The fourth-order valence-corrected chi connectivity index (χ4v) is 4.22. The third-order valence-electron chi connectivity index (χ3n) is 5.34. The number of amides is 1. The van der Waals surface area contributed by atoms with E-state index in [1.54, 1.807) is 18.5 Å². The summed E-state index contributed by atoms with van der Waals surface area (Å²) in [4.78, 5) is 18.4. The number of hydrogen-bond acceptors (Lipinski definition) is 4. The number of hydrogen-bond donors (Lipinski definition) is 0. The highest BCUT2D eigenvalue weighted by molar-refractivity contribution is 6.25. The number of alkyl halides is 2. The van der Waals surface area contributed by atoms with Crippen molar-refractivity contribution in [3.05, 3.63) is 53.0 Å². The highest BCUT2D eigenvalue weighted by Gasteiger charge is 2.61. The van der Waals surface area contributed by atoms with E-state index in [0.29, 0.717) is 12.8 Å². The molecule has 4 rings (SSSR count). The van der Waals surface area contributed by atoms with Crippen LogP contribution in [0.1, 0.15) is 24.0 Å². The Hall–Kier alpha value is -2.15. The molecule has 5 nitrogen and oxygen atoms in total. The summed E-state index contributed by atoms with van der Waals surface area (Å²) < 4.78 is 40.4. The minimum atomic E-state index is -2.74. The number of halogens is 3. The van der Waals surface area contributed by atoms with Crippen molar-refractivity contribution in [2.24, 2.45) is 0 Å². The van der Waals surface area contributed by atoms with Gasteiger partial charge in [-0.3, -0.25) is 9.78 Å². The minimum Gasteiger partial charge on any atom is -0.496 e. The number of methoxy groups -OCH3 is 2. The molecule has 2 heterocycles. The van der Waals surface area contributed by atoms with Crippen molar-refractivity contribution >= 4 is 17.5 Å². The van der Waals surface area contributed by atoms with Gasteiger partial charge in [0.15, 0.2) is 17.3 Å². The van der Waals surface area contributed by atoms with E-state index in [-0.39, 0.29) is 24.0 Å². The smallest absolute Gasteiger partial charge is 0.266 e. The van der Waals surface area contributed by atoms with Gasteiger partial charge in [0, 0.05) is 25.0 Å². The molecule has 1 spiro atoms. The van der Waals surface area contributed by atoms with E-state index in [1.807, 2.05) is 0 Å². The number of allylic oxidation sites excluding steroid dienone is 1. The second-order valence-electron chi connectivity index (χ2n) is 6.70. The van der Waals surface area contributed by atoms with Gasteiger partial charge < -0.3 is 14.4 Å². The number of nitrogens with zero attached hydrogens (tertiary/aromatic N) is 2. The van der Waals surface area contributed by atoms with Crippen LogP contribution in [0.4, 0.5) is 8.78 Å². The molecule has 0 radical (unpaired) electrons. The summed E-state index contributed by atoms with van der Waals surface area (Å²) in [6, 6.07) is 0.118. The number of aromatic nitrogens is 1. The molecule has 2 unspecified atom stereocenters. The topological polar surface area (TPSA) is 51.7 Å². The molecule has 3 aliphatic rings. The molecular formula is C18H17ClF2N2O3. The Balaban J connectivity index is 1.83. The zero-order valence-corrected chi connectivity index (χ0v) is 15.0. The summed E-state index contributed by atoms with van der Waals surface area (Å²) in [6.07, 6.45) is 5.57. The van der Waals surface area contributed by atoms with Gasteiger partial charge in [0.2, 0.25) is 5.91 Å². The molecule has 138 valence electrons. The van der Waals surface area contributed by atoms with E-state index in [4.69, 9.17) is 21.1 Å². The first kappa shape index (κ1) is 17.3. The molecule has 8 heteroatoms. The van der Waals surface area contributed by atoms with E-state index in [1.165, 1.54) is 14.2 Å². The number of fused-ring (bicyclic) bond motifs is 2. The molecule has 0 bridgehead atoms. The Labute approximate surface area is 154 Å². The first-order valence-electron chi connectivity index (χ1n) is 8.19. The van der Waals surface area contributed by atoms with Crippen LogP contribution in [0, 0.1) is 0 Å². The average Bonchev–Trinajstić information content (AvgIpc) is 3.41. The molecule has 1 fully saturated rings. The van der Waals surface area contributed by atoms with Gasteiger partial charge in [-0.05, 0) is 30.0 Å². The monoisotopic (exact) mass is 382 g/mol. The summed E-state index contributed by atoms with van der Waals surface area (Å²) in [7, 11) is 2.49. The number of pyridine rings is 1.